The Bertz CT molecular complexity index is 342. The van der Waals surface area contributed by atoms with E-state index in [4.69, 9.17) is 9.84 Å². The van der Waals surface area contributed by atoms with Crippen molar-refractivity contribution in [3.05, 3.63) is 18.1 Å². The molecule has 0 aliphatic carbocycles. The Kier molecular flexibility index (Phi) is 4.28. The van der Waals surface area contributed by atoms with Crippen molar-refractivity contribution >= 4 is 0 Å². The third kappa shape index (κ3) is 3.38. The van der Waals surface area contributed by atoms with Gasteiger partial charge in [-0.3, -0.25) is 9.88 Å². The van der Waals surface area contributed by atoms with Crippen molar-refractivity contribution in [2.75, 3.05) is 26.2 Å². The monoisotopic (exact) mass is 237 g/mol. The van der Waals surface area contributed by atoms with Crippen molar-refractivity contribution in [1.82, 2.24) is 14.9 Å². The van der Waals surface area contributed by atoms with E-state index in [1.54, 1.807) is 12.4 Å². The Labute approximate surface area is 101 Å². The van der Waals surface area contributed by atoms with E-state index >= 15 is 0 Å². The van der Waals surface area contributed by atoms with Crippen LogP contribution in [0.15, 0.2) is 12.4 Å². The number of aryl methyl sites for hydroxylation is 1. The first-order chi connectivity index (χ1) is 8.31. The first-order valence-electron chi connectivity index (χ1n) is 6.12. The summed E-state index contributed by atoms with van der Waals surface area (Å²) < 4.78 is 5.75. The highest BCUT2D eigenvalue weighted by molar-refractivity contribution is 5.07. The number of aliphatic hydroxyl groups excluding tert-OH is 1. The molecule has 1 aliphatic rings. The quantitative estimate of drug-likeness (QED) is 0.807. The van der Waals surface area contributed by atoms with Crippen LogP contribution in [-0.2, 0) is 6.42 Å². The van der Waals surface area contributed by atoms with Crippen LogP contribution in [0.1, 0.15) is 19.0 Å². The Morgan fingerprint density at radius 3 is 3.00 bits per heavy atom. The molecule has 0 amide bonds. The highest BCUT2D eigenvalue weighted by Gasteiger charge is 2.23. The predicted octanol–water partition coefficient (Wildman–Crippen LogP) is 0.484. The predicted molar refractivity (Wildman–Crippen MR) is 64.0 cm³/mol. The van der Waals surface area contributed by atoms with Gasteiger partial charge in [-0.1, -0.05) is 6.92 Å². The number of β-amino-alcohol motifs (C(OH)–C–C–N with tert-alkyl or cyclic N) is 1. The molecule has 94 valence electrons. The smallest absolute Gasteiger partial charge is 0.232 e. The molecule has 2 rings (SSSR count). The Balaban J connectivity index is 1.84. The van der Waals surface area contributed by atoms with Crippen LogP contribution in [-0.4, -0.2) is 52.3 Å². The van der Waals surface area contributed by atoms with Crippen molar-refractivity contribution in [2.24, 2.45) is 0 Å². The van der Waals surface area contributed by atoms with E-state index in [1.807, 2.05) is 6.92 Å². The van der Waals surface area contributed by atoms with Crippen LogP contribution < -0.4 is 4.74 Å². The molecular formula is C12H19N3O2. The minimum Gasteiger partial charge on any atom is -0.472 e. The SMILES string of the molecule is CCc1cnc(O[C@@H]2CCN(CCO)C2)cn1. The zero-order chi connectivity index (χ0) is 12.1. The lowest BCUT2D eigenvalue weighted by molar-refractivity contribution is 0.176. The van der Waals surface area contributed by atoms with E-state index < -0.39 is 0 Å². The molecule has 1 saturated heterocycles. The van der Waals surface area contributed by atoms with E-state index in [9.17, 15) is 0 Å². The molecule has 0 unspecified atom stereocenters. The molecule has 2 heterocycles. The second-order valence-electron chi connectivity index (χ2n) is 4.25. The number of likely N-dealkylation sites (tertiary alicyclic amines) is 1. The minimum atomic E-state index is 0.170. The molecule has 0 bridgehead atoms. The summed E-state index contributed by atoms with van der Waals surface area (Å²) in [6.07, 6.45) is 5.49. The summed E-state index contributed by atoms with van der Waals surface area (Å²) in [6.45, 7) is 4.82. The number of hydrogen-bond acceptors (Lipinski definition) is 5. The van der Waals surface area contributed by atoms with Crippen molar-refractivity contribution < 1.29 is 9.84 Å². The van der Waals surface area contributed by atoms with Gasteiger partial charge in [0.2, 0.25) is 5.88 Å². The largest absolute Gasteiger partial charge is 0.472 e. The summed E-state index contributed by atoms with van der Waals surface area (Å²) in [5, 5.41) is 8.86. The molecule has 1 aliphatic heterocycles. The van der Waals surface area contributed by atoms with Crippen LogP contribution in [0, 0.1) is 0 Å². The van der Waals surface area contributed by atoms with Gasteiger partial charge in [0, 0.05) is 19.6 Å². The summed E-state index contributed by atoms with van der Waals surface area (Å²) >= 11 is 0. The lowest BCUT2D eigenvalue weighted by Gasteiger charge is -2.15. The van der Waals surface area contributed by atoms with Crippen molar-refractivity contribution in [3.8, 4) is 5.88 Å². The van der Waals surface area contributed by atoms with Gasteiger partial charge in [0.15, 0.2) is 0 Å². The molecule has 5 nitrogen and oxygen atoms in total. The zero-order valence-corrected chi connectivity index (χ0v) is 10.2. The van der Waals surface area contributed by atoms with Crippen LogP contribution in [0.5, 0.6) is 5.88 Å². The number of nitrogens with zero attached hydrogens (tertiary/aromatic N) is 3. The molecule has 0 saturated carbocycles. The third-order valence-electron chi connectivity index (χ3n) is 2.98. The Morgan fingerprint density at radius 1 is 1.47 bits per heavy atom. The zero-order valence-electron chi connectivity index (χ0n) is 10.2. The molecule has 1 N–H and O–H groups in total. The highest BCUT2D eigenvalue weighted by atomic mass is 16.5. The molecule has 1 aromatic rings. The summed E-state index contributed by atoms with van der Waals surface area (Å²) in [7, 11) is 0. The van der Waals surface area contributed by atoms with Gasteiger partial charge in [0.1, 0.15) is 6.10 Å². The summed E-state index contributed by atoms with van der Waals surface area (Å²) in [4.78, 5) is 10.7. The van der Waals surface area contributed by atoms with E-state index in [-0.39, 0.29) is 12.7 Å². The average molecular weight is 237 g/mol. The minimum absolute atomic E-state index is 0.170. The fourth-order valence-corrected chi connectivity index (χ4v) is 1.99. The summed E-state index contributed by atoms with van der Waals surface area (Å²) in [5.74, 6) is 0.595. The van der Waals surface area contributed by atoms with Gasteiger partial charge in [0.25, 0.3) is 0 Å². The molecule has 0 spiro atoms. The fourth-order valence-electron chi connectivity index (χ4n) is 1.99. The number of ether oxygens (including phenoxy) is 1. The van der Waals surface area contributed by atoms with Crippen molar-refractivity contribution in [2.45, 2.75) is 25.9 Å². The fraction of sp³-hybridized carbons (Fsp3) is 0.667. The highest BCUT2D eigenvalue weighted by Crippen LogP contribution is 2.15. The summed E-state index contributed by atoms with van der Waals surface area (Å²) in [5.41, 5.74) is 0.977. The lowest BCUT2D eigenvalue weighted by atomic mass is 10.3. The first-order valence-corrected chi connectivity index (χ1v) is 6.12. The maximum Gasteiger partial charge on any atom is 0.232 e. The average Bonchev–Trinajstić information content (AvgIpc) is 2.78. The van der Waals surface area contributed by atoms with Crippen LogP contribution in [0.2, 0.25) is 0 Å². The van der Waals surface area contributed by atoms with Crippen LogP contribution in [0.25, 0.3) is 0 Å². The van der Waals surface area contributed by atoms with Gasteiger partial charge >= 0.3 is 0 Å². The van der Waals surface area contributed by atoms with Crippen LogP contribution in [0.3, 0.4) is 0 Å². The van der Waals surface area contributed by atoms with Gasteiger partial charge in [-0.15, -0.1) is 0 Å². The molecule has 5 heteroatoms. The Hall–Kier alpha value is -1.20. The van der Waals surface area contributed by atoms with Crippen molar-refractivity contribution in [3.63, 3.8) is 0 Å². The van der Waals surface area contributed by atoms with E-state index in [0.717, 1.165) is 38.2 Å². The van der Waals surface area contributed by atoms with Gasteiger partial charge in [-0.25, -0.2) is 4.98 Å². The first kappa shape index (κ1) is 12.3. The van der Waals surface area contributed by atoms with E-state index in [2.05, 4.69) is 14.9 Å². The van der Waals surface area contributed by atoms with Crippen LogP contribution >= 0.6 is 0 Å². The van der Waals surface area contributed by atoms with Gasteiger partial charge in [-0.2, -0.15) is 0 Å². The second-order valence-corrected chi connectivity index (χ2v) is 4.25. The Morgan fingerprint density at radius 2 is 2.35 bits per heavy atom. The number of aliphatic hydroxyl groups is 1. The third-order valence-corrected chi connectivity index (χ3v) is 2.98. The molecule has 1 atom stereocenters. The molecule has 1 fully saturated rings. The summed E-state index contributed by atoms with van der Waals surface area (Å²) in [6, 6.07) is 0. The number of rotatable bonds is 5. The molecule has 17 heavy (non-hydrogen) atoms. The molecular weight excluding hydrogens is 218 g/mol. The molecule has 0 aromatic carbocycles. The van der Waals surface area contributed by atoms with E-state index in [0.29, 0.717) is 5.88 Å². The lowest BCUT2D eigenvalue weighted by Crippen LogP contribution is -2.27. The molecule has 1 aromatic heterocycles. The topological polar surface area (TPSA) is 58.5 Å². The standard InChI is InChI=1S/C12H19N3O2/c1-2-10-7-14-12(8-13-10)17-11-3-4-15(9-11)5-6-16/h7-8,11,16H,2-6,9H2,1H3/t11-/m1/s1. The van der Waals surface area contributed by atoms with E-state index in [1.165, 1.54) is 0 Å². The maximum atomic E-state index is 8.86. The second kappa shape index (κ2) is 5.93. The normalized spacial score (nSPS) is 20.7. The number of aromatic nitrogens is 2. The maximum absolute atomic E-state index is 8.86. The van der Waals surface area contributed by atoms with Crippen LogP contribution in [0.4, 0.5) is 0 Å². The van der Waals surface area contributed by atoms with Gasteiger partial charge in [-0.05, 0) is 12.8 Å². The number of hydrogen-bond donors (Lipinski definition) is 1. The molecule has 0 radical (unpaired) electrons. The van der Waals surface area contributed by atoms with Gasteiger partial charge in [0.05, 0.1) is 24.7 Å². The van der Waals surface area contributed by atoms with Gasteiger partial charge < -0.3 is 9.84 Å². The van der Waals surface area contributed by atoms with Crippen molar-refractivity contribution in [1.29, 1.82) is 0 Å².